The van der Waals surface area contributed by atoms with E-state index in [9.17, 15) is 22.8 Å². The predicted octanol–water partition coefficient (Wildman–Crippen LogP) is 2.72. The molecule has 148 valence electrons. The molecule has 9 heteroatoms. The topological polar surface area (TPSA) is 91.2 Å². The minimum atomic E-state index is -4.51. The van der Waals surface area contributed by atoms with Crippen molar-refractivity contribution in [2.24, 2.45) is 5.92 Å². The number of halogens is 3. The van der Waals surface area contributed by atoms with Crippen LogP contribution in [0.25, 0.3) is 0 Å². The van der Waals surface area contributed by atoms with Crippen LogP contribution in [0.2, 0.25) is 0 Å². The molecule has 1 rings (SSSR count). The molecule has 2 N–H and O–H groups in total. The van der Waals surface area contributed by atoms with Crippen molar-refractivity contribution in [2.75, 3.05) is 20.2 Å². The average molecular weight is 385 g/mol. The summed E-state index contributed by atoms with van der Waals surface area (Å²) in [6, 6.07) is 4.92. The summed E-state index contributed by atoms with van der Waals surface area (Å²) in [5.74, 6) is -1.08. The summed E-state index contributed by atoms with van der Waals surface area (Å²) in [5.41, 5.74) is 0.147. The van der Waals surface area contributed by atoms with Gasteiger partial charge in [-0.05, 0) is 36.6 Å². The second-order valence-corrected chi connectivity index (χ2v) is 6.08. The number of hydrogen-bond acceptors (Lipinski definition) is 5. The molecule has 0 heterocycles. The first kappa shape index (κ1) is 22.4. The van der Waals surface area contributed by atoms with Gasteiger partial charge in [0.25, 0.3) is 0 Å². The van der Waals surface area contributed by atoms with Gasteiger partial charge >= 0.3 is 12.1 Å². The molecule has 2 unspecified atom stereocenters. The highest BCUT2D eigenvalue weighted by Crippen LogP contribution is 2.33. The lowest BCUT2D eigenvalue weighted by Gasteiger charge is -2.23. The van der Waals surface area contributed by atoms with E-state index in [4.69, 9.17) is 5.26 Å². The number of benzene rings is 1. The molecule has 0 aliphatic heterocycles. The van der Waals surface area contributed by atoms with Gasteiger partial charge in [0.15, 0.2) is 0 Å². The van der Waals surface area contributed by atoms with Crippen molar-refractivity contribution in [3.63, 3.8) is 0 Å². The van der Waals surface area contributed by atoms with Gasteiger partial charge in [-0.2, -0.15) is 18.4 Å². The lowest BCUT2D eigenvalue weighted by molar-refractivity contribution is -0.157. The summed E-state index contributed by atoms with van der Waals surface area (Å²) in [4.78, 5) is 22.9. The third-order valence-electron chi connectivity index (χ3n) is 3.88. The number of ether oxygens (including phenoxy) is 1. The van der Waals surface area contributed by atoms with Crippen LogP contribution >= 0.6 is 0 Å². The molecular weight excluding hydrogens is 363 g/mol. The third-order valence-corrected chi connectivity index (χ3v) is 3.88. The van der Waals surface area contributed by atoms with Crippen LogP contribution in [-0.4, -0.2) is 38.3 Å². The van der Waals surface area contributed by atoms with Crippen LogP contribution in [0.4, 0.5) is 13.2 Å². The van der Waals surface area contributed by atoms with Gasteiger partial charge in [-0.3, -0.25) is 4.79 Å². The molecule has 27 heavy (non-hydrogen) atoms. The fraction of sp³-hybridized carbons (Fsp3) is 0.500. The Bertz CT molecular complexity index is 669. The summed E-state index contributed by atoms with van der Waals surface area (Å²) in [6.07, 6.45) is -4.03. The number of nitriles is 1. The number of esters is 1. The Kier molecular flexibility index (Phi) is 8.75. The maximum Gasteiger partial charge on any atom is 0.407 e. The highest BCUT2D eigenvalue weighted by atomic mass is 19.4. The van der Waals surface area contributed by atoms with E-state index in [1.807, 2.05) is 0 Å². The number of carbonyl (C=O) groups is 2. The number of carbonyl (C=O) groups excluding carboxylic acids is 2. The summed E-state index contributed by atoms with van der Waals surface area (Å²) in [5, 5.41) is 13.2. The van der Waals surface area contributed by atoms with E-state index >= 15 is 0 Å². The summed E-state index contributed by atoms with van der Waals surface area (Å²) >= 11 is 0. The molecule has 0 bridgehead atoms. The Hall–Kier alpha value is -2.60. The van der Waals surface area contributed by atoms with Crippen LogP contribution in [0.15, 0.2) is 24.3 Å². The van der Waals surface area contributed by atoms with Crippen molar-refractivity contribution in [3.05, 3.63) is 35.4 Å². The molecule has 1 amide bonds. The van der Waals surface area contributed by atoms with Crippen LogP contribution in [0.5, 0.6) is 0 Å². The maximum absolute atomic E-state index is 13.4. The lowest BCUT2D eigenvalue weighted by Crippen LogP contribution is -2.35. The van der Waals surface area contributed by atoms with Crippen LogP contribution < -0.4 is 10.6 Å². The van der Waals surface area contributed by atoms with Crippen molar-refractivity contribution < 1.29 is 27.5 Å². The number of methoxy groups -OCH3 is 1. The van der Waals surface area contributed by atoms with Gasteiger partial charge in [0.2, 0.25) is 5.91 Å². The Balaban J connectivity index is 2.65. The minimum absolute atomic E-state index is 0.0189. The fourth-order valence-corrected chi connectivity index (χ4v) is 2.45. The summed E-state index contributed by atoms with van der Waals surface area (Å²) in [6.45, 7) is 1.71. The van der Waals surface area contributed by atoms with Crippen molar-refractivity contribution >= 4 is 11.9 Å². The molecule has 0 saturated carbocycles. The van der Waals surface area contributed by atoms with Gasteiger partial charge in [-0.1, -0.05) is 19.1 Å². The zero-order chi connectivity index (χ0) is 20.4. The molecule has 0 fully saturated rings. The van der Waals surface area contributed by atoms with Gasteiger partial charge in [-0.25, -0.2) is 4.79 Å². The largest absolute Gasteiger partial charge is 0.465 e. The van der Waals surface area contributed by atoms with E-state index < -0.39 is 18.2 Å². The molecule has 1 aromatic carbocycles. The lowest BCUT2D eigenvalue weighted by atomic mass is 10.0. The number of alkyl halides is 3. The highest BCUT2D eigenvalue weighted by Gasteiger charge is 2.40. The molecule has 2 atom stereocenters. The monoisotopic (exact) mass is 385 g/mol. The second kappa shape index (κ2) is 10.5. The van der Waals surface area contributed by atoms with Crippen LogP contribution in [0.3, 0.4) is 0 Å². The van der Waals surface area contributed by atoms with Crippen molar-refractivity contribution in [1.82, 2.24) is 10.6 Å². The Labute approximate surface area is 155 Å². The Morgan fingerprint density at radius 2 is 1.89 bits per heavy atom. The first-order valence-electron chi connectivity index (χ1n) is 8.31. The van der Waals surface area contributed by atoms with Gasteiger partial charge in [0.05, 0.1) is 18.7 Å². The molecular formula is C18H22F3N3O3. The Morgan fingerprint density at radius 3 is 2.41 bits per heavy atom. The maximum atomic E-state index is 13.4. The normalized spacial score (nSPS) is 13.3. The smallest absolute Gasteiger partial charge is 0.407 e. The second-order valence-electron chi connectivity index (χ2n) is 6.08. The molecule has 0 aliphatic carbocycles. The number of rotatable bonds is 9. The molecule has 0 saturated heterocycles. The SMILES string of the molecule is COC(=O)c1ccc(C(NCCC(C)CC(=O)NCC#N)C(F)(F)F)cc1. The quantitative estimate of drug-likeness (QED) is 0.504. The average Bonchev–Trinajstić information content (AvgIpc) is 2.62. The van der Waals surface area contributed by atoms with Crippen molar-refractivity contribution in [2.45, 2.75) is 32.0 Å². The number of nitrogens with one attached hydrogen (secondary N) is 2. The molecule has 0 radical (unpaired) electrons. The third kappa shape index (κ3) is 7.66. The van der Waals surface area contributed by atoms with Crippen LogP contribution in [-0.2, 0) is 9.53 Å². The summed E-state index contributed by atoms with van der Waals surface area (Å²) in [7, 11) is 1.19. The Morgan fingerprint density at radius 1 is 1.26 bits per heavy atom. The van der Waals surface area contributed by atoms with Crippen LogP contribution in [0, 0.1) is 17.2 Å². The zero-order valence-electron chi connectivity index (χ0n) is 15.1. The van der Waals surface area contributed by atoms with Crippen molar-refractivity contribution in [3.8, 4) is 6.07 Å². The van der Waals surface area contributed by atoms with E-state index in [-0.39, 0.29) is 42.5 Å². The van der Waals surface area contributed by atoms with Gasteiger partial charge in [0, 0.05) is 6.42 Å². The summed E-state index contributed by atoms with van der Waals surface area (Å²) < 4.78 is 44.6. The molecule has 1 aromatic rings. The molecule has 0 aliphatic rings. The van der Waals surface area contributed by atoms with E-state index in [2.05, 4.69) is 15.4 Å². The van der Waals surface area contributed by atoms with E-state index in [0.29, 0.717) is 6.42 Å². The van der Waals surface area contributed by atoms with Gasteiger partial charge < -0.3 is 15.4 Å². The zero-order valence-corrected chi connectivity index (χ0v) is 15.1. The minimum Gasteiger partial charge on any atom is -0.465 e. The first-order chi connectivity index (χ1) is 12.7. The van der Waals surface area contributed by atoms with E-state index in [0.717, 1.165) is 0 Å². The van der Waals surface area contributed by atoms with Gasteiger partial charge in [0.1, 0.15) is 12.6 Å². The number of nitrogens with zero attached hydrogens (tertiary/aromatic N) is 1. The molecule has 0 aromatic heterocycles. The van der Waals surface area contributed by atoms with Crippen molar-refractivity contribution in [1.29, 1.82) is 5.26 Å². The number of hydrogen-bond donors (Lipinski definition) is 2. The highest BCUT2D eigenvalue weighted by molar-refractivity contribution is 5.89. The first-order valence-corrected chi connectivity index (χ1v) is 8.31. The number of amides is 1. The fourth-order valence-electron chi connectivity index (χ4n) is 2.45. The van der Waals surface area contributed by atoms with E-state index in [1.165, 1.54) is 31.4 Å². The van der Waals surface area contributed by atoms with E-state index in [1.54, 1.807) is 13.0 Å². The molecule has 0 spiro atoms. The standard InChI is InChI=1S/C18H22F3N3O3/c1-12(11-15(25)23-10-8-22)7-9-24-16(18(19,20)21)13-3-5-14(6-4-13)17(26)27-2/h3-6,12,16,24H,7,9-11H2,1-2H3,(H,23,25). The van der Waals surface area contributed by atoms with Gasteiger partial charge in [-0.15, -0.1) is 0 Å². The van der Waals surface area contributed by atoms with Crippen LogP contribution in [0.1, 0.15) is 41.7 Å². The predicted molar refractivity (Wildman–Crippen MR) is 91.6 cm³/mol. The molecule has 6 nitrogen and oxygen atoms in total.